The van der Waals surface area contributed by atoms with Crippen molar-refractivity contribution in [3.63, 3.8) is 0 Å². The van der Waals surface area contributed by atoms with Gasteiger partial charge in [0.1, 0.15) is 0 Å². The summed E-state index contributed by atoms with van der Waals surface area (Å²) in [5.41, 5.74) is 5.88. The maximum Gasteiger partial charge on any atom is 0.239 e. The van der Waals surface area contributed by atoms with Crippen molar-refractivity contribution in [2.45, 2.75) is 13.8 Å². The first-order chi connectivity index (χ1) is 6.09. The second-order valence-corrected chi connectivity index (χ2v) is 3.23. The molecule has 3 nitrogen and oxygen atoms in total. The highest BCUT2D eigenvalue weighted by Gasteiger charge is 2.04. The van der Waals surface area contributed by atoms with Crippen LogP contribution in [0.15, 0.2) is 12.1 Å². The largest absolute Gasteiger partial charge is 0.476 e. The predicted molar refractivity (Wildman–Crippen MR) is 48.9 cm³/mol. The minimum Gasteiger partial charge on any atom is -0.476 e. The molecule has 0 fully saturated rings. The molecule has 0 atom stereocenters. The maximum atomic E-state index is 12.6. The summed E-state index contributed by atoms with van der Waals surface area (Å²) in [4.78, 5) is 3.53. The summed E-state index contributed by atoms with van der Waals surface area (Å²) in [5, 5.41) is 0. The van der Waals surface area contributed by atoms with E-state index < -0.39 is 5.95 Å². The van der Waals surface area contributed by atoms with Crippen LogP contribution in [0, 0.1) is 11.9 Å². The molecule has 0 aliphatic carbocycles. The van der Waals surface area contributed by atoms with E-state index in [0.29, 0.717) is 18.2 Å². The van der Waals surface area contributed by atoms with Gasteiger partial charge < -0.3 is 10.5 Å². The van der Waals surface area contributed by atoms with Gasteiger partial charge in [0.25, 0.3) is 0 Å². The zero-order chi connectivity index (χ0) is 9.84. The molecule has 0 unspecified atom stereocenters. The van der Waals surface area contributed by atoms with E-state index in [1.54, 1.807) is 0 Å². The van der Waals surface area contributed by atoms with E-state index in [1.807, 2.05) is 13.8 Å². The molecule has 2 N–H and O–H groups in total. The summed E-state index contributed by atoms with van der Waals surface area (Å²) in [6, 6.07) is 2.65. The number of anilines is 1. The first kappa shape index (κ1) is 9.77. The fourth-order valence-corrected chi connectivity index (χ4v) is 0.790. The van der Waals surface area contributed by atoms with Crippen LogP contribution in [0.4, 0.5) is 10.1 Å². The molecule has 0 amide bonds. The van der Waals surface area contributed by atoms with Crippen LogP contribution in [0.5, 0.6) is 5.88 Å². The molecule has 0 aromatic carbocycles. The van der Waals surface area contributed by atoms with Crippen LogP contribution in [0.2, 0.25) is 0 Å². The van der Waals surface area contributed by atoms with E-state index in [-0.39, 0.29) is 5.88 Å². The van der Waals surface area contributed by atoms with E-state index >= 15 is 0 Å². The number of ether oxygens (including phenoxy) is 1. The van der Waals surface area contributed by atoms with Gasteiger partial charge in [-0.3, -0.25) is 0 Å². The zero-order valence-corrected chi connectivity index (χ0v) is 7.75. The predicted octanol–water partition coefficient (Wildman–Crippen LogP) is 1.84. The Balaban J connectivity index is 2.70. The van der Waals surface area contributed by atoms with Gasteiger partial charge in [-0.2, -0.15) is 9.37 Å². The van der Waals surface area contributed by atoms with Crippen molar-refractivity contribution >= 4 is 5.69 Å². The zero-order valence-electron chi connectivity index (χ0n) is 7.75. The molecule has 4 heteroatoms. The van der Waals surface area contributed by atoms with Crippen molar-refractivity contribution in [1.29, 1.82) is 0 Å². The van der Waals surface area contributed by atoms with E-state index in [2.05, 4.69) is 4.98 Å². The lowest BCUT2D eigenvalue weighted by molar-refractivity contribution is 0.259. The minimum atomic E-state index is -0.576. The Morgan fingerprint density at radius 1 is 1.54 bits per heavy atom. The number of hydrogen-bond acceptors (Lipinski definition) is 3. The number of nitrogens with two attached hydrogens (primary N) is 1. The minimum absolute atomic E-state index is 0.175. The lowest BCUT2D eigenvalue weighted by atomic mass is 10.2. The average Bonchev–Trinajstić information content (AvgIpc) is 2.06. The van der Waals surface area contributed by atoms with Crippen molar-refractivity contribution in [3.05, 3.63) is 18.1 Å². The van der Waals surface area contributed by atoms with Crippen LogP contribution in [0.3, 0.4) is 0 Å². The average molecular weight is 184 g/mol. The number of nitrogens with zero attached hydrogens (tertiary/aromatic N) is 1. The number of aromatic nitrogens is 1. The SMILES string of the molecule is CC(C)COc1nc(F)ccc1N. The fourth-order valence-electron chi connectivity index (χ4n) is 0.790. The Bertz CT molecular complexity index is 289. The molecule has 0 spiro atoms. The van der Waals surface area contributed by atoms with Gasteiger partial charge >= 0.3 is 0 Å². The summed E-state index contributed by atoms with van der Waals surface area (Å²) in [6.45, 7) is 4.48. The molecule has 0 aliphatic rings. The Kier molecular flexibility index (Phi) is 3.06. The molecule has 0 saturated heterocycles. The molecular formula is C9H13FN2O. The van der Waals surface area contributed by atoms with Crippen LogP contribution >= 0.6 is 0 Å². The van der Waals surface area contributed by atoms with Gasteiger partial charge in [-0.1, -0.05) is 13.8 Å². The first-order valence-corrected chi connectivity index (χ1v) is 4.14. The molecule has 0 radical (unpaired) electrons. The molecular weight excluding hydrogens is 171 g/mol. The molecule has 0 bridgehead atoms. The van der Waals surface area contributed by atoms with E-state index in [0.717, 1.165) is 0 Å². The third kappa shape index (κ3) is 2.89. The third-order valence-electron chi connectivity index (χ3n) is 1.41. The molecule has 1 heterocycles. The summed E-state index contributed by atoms with van der Waals surface area (Å²) >= 11 is 0. The highest BCUT2D eigenvalue weighted by atomic mass is 19.1. The van der Waals surface area contributed by atoms with Crippen LogP contribution in [-0.4, -0.2) is 11.6 Å². The number of hydrogen-bond donors (Lipinski definition) is 1. The number of rotatable bonds is 3. The van der Waals surface area contributed by atoms with Gasteiger partial charge in [0.2, 0.25) is 11.8 Å². The highest BCUT2D eigenvalue weighted by molar-refractivity contribution is 5.47. The Hall–Kier alpha value is -1.32. The Labute approximate surface area is 76.7 Å². The van der Waals surface area contributed by atoms with Crippen molar-refractivity contribution in [1.82, 2.24) is 4.98 Å². The van der Waals surface area contributed by atoms with Crippen molar-refractivity contribution in [2.24, 2.45) is 5.92 Å². The molecule has 13 heavy (non-hydrogen) atoms. The second-order valence-electron chi connectivity index (χ2n) is 3.23. The first-order valence-electron chi connectivity index (χ1n) is 4.14. The van der Waals surface area contributed by atoms with Gasteiger partial charge in [-0.25, -0.2) is 0 Å². The van der Waals surface area contributed by atoms with Gasteiger partial charge in [0, 0.05) is 0 Å². The van der Waals surface area contributed by atoms with Crippen LogP contribution in [0.25, 0.3) is 0 Å². The summed E-state index contributed by atoms with van der Waals surface area (Å²) in [5.74, 6) is -0.0360. The quantitative estimate of drug-likeness (QED) is 0.729. The third-order valence-corrected chi connectivity index (χ3v) is 1.41. The van der Waals surface area contributed by atoms with Gasteiger partial charge in [0.05, 0.1) is 12.3 Å². The fraction of sp³-hybridized carbons (Fsp3) is 0.444. The topological polar surface area (TPSA) is 48.1 Å². The van der Waals surface area contributed by atoms with Crippen LogP contribution < -0.4 is 10.5 Å². The molecule has 0 aliphatic heterocycles. The van der Waals surface area contributed by atoms with E-state index in [1.165, 1.54) is 12.1 Å². The number of pyridine rings is 1. The van der Waals surface area contributed by atoms with Crippen LogP contribution in [-0.2, 0) is 0 Å². The number of halogens is 1. The summed E-state index contributed by atoms with van der Waals surface area (Å²) in [7, 11) is 0. The summed E-state index contributed by atoms with van der Waals surface area (Å²) < 4.78 is 17.8. The van der Waals surface area contributed by atoms with Gasteiger partial charge in [0.15, 0.2) is 0 Å². The standard InChI is InChI=1S/C9H13FN2O/c1-6(2)5-13-9-7(11)3-4-8(10)12-9/h3-4,6H,5,11H2,1-2H3. The Morgan fingerprint density at radius 2 is 2.23 bits per heavy atom. The van der Waals surface area contributed by atoms with E-state index in [4.69, 9.17) is 10.5 Å². The van der Waals surface area contributed by atoms with Gasteiger partial charge in [-0.05, 0) is 18.1 Å². The molecule has 1 rings (SSSR count). The summed E-state index contributed by atoms with van der Waals surface area (Å²) in [6.07, 6.45) is 0. The molecule has 72 valence electrons. The Morgan fingerprint density at radius 3 is 2.85 bits per heavy atom. The normalized spacial score (nSPS) is 10.5. The van der Waals surface area contributed by atoms with E-state index in [9.17, 15) is 4.39 Å². The van der Waals surface area contributed by atoms with Gasteiger partial charge in [-0.15, -0.1) is 0 Å². The number of nitrogen functional groups attached to an aromatic ring is 1. The maximum absolute atomic E-state index is 12.6. The van der Waals surface area contributed by atoms with Crippen molar-refractivity contribution in [3.8, 4) is 5.88 Å². The van der Waals surface area contributed by atoms with Crippen molar-refractivity contribution < 1.29 is 9.13 Å². The lowest BCUT2D eigenvalue weighted by Gasteiger charge is -2.09. The monoisotopic (exact) mass is 184 g/mol. The molecule has 1 aromatic heterocycles. The van der Waals surface area contributed by atoms with Crippen LogP contribution in [0.1, 0.15) is 13.8 Å². The molecule has 1 aromatic rings. The highest BCUT2D eigenvalue weighted by Crippen LogP contribution is 2.18. The lowest BCUT2D eigenvalue weighted by Crippen LogP contribution is -2.08. The molecule has 0 saturated carbocycles. The van der Waals surface area contributed by atoms with Crippen molar-refractivity contribution in [2.75, 3.05) is 12.3 Å². The second kappa shape index (κ2) is 4.07. The smallest absolute Gasteiger partial charge is 0.239 e.